The molecule has 0 saturated heterocycles. The number of aromatic nitrogens is 3. The third-order valence-corrected chi connectivity index (χ3v) is 6.13. The number of carbonyl (C=O) groups excluding carboxylic acids is 2. The van der Waals surface area contributed by atoms with Crippen molar-refractivity contribution in [2.75, 3.05) is 12.4 Å². The van der Waals surface area contributed by atoms with Crippen LogP contribution in [0.2, 0.25) is 0 Å². The van der Waals surface area contributed by atoms with E-state index in [9.17, 15) is 9.59 Å². The van der Waals surface area contributed by atoms with Crippen molar-refractivity contribution in [3.05, 3.63) is 80.9 Å². The van der Waals surface area contributed by atoms with Gasteiger partial charge in [-0.1, -0.05) is 0 Å². The third-order valence-electron chi connectivity index (χ3n) is 5.07. The van der Waals surface area contributed by atoms with Crippen LogP contribution in [0.3, 0.4) is 0 Å². The number of oxazole rings is 1. The average Bonchev–Trinajstić information content (AvgIpc) is 3.44. The molecule has 0 aliphatic rings. The van der Waals surface area contributed by atoms with E-state index in [0.717, 1.165) is 16.1 Å². The molecule has 0 aliphatic heterocycles. The minimum Gasteiger partial charge on any atom is -0.441 e. The van der Waals surface area contributed by atoms with E-state index in [1.165, 1.54) is 11.3 Å². The first-order chi connectivity index (χ1) is 16.8. The van der Waals surface area contributed by atoms with Crippen molar-refractivity contribution in [1.29, 1.82) is 0 Å². The lowest BCUT2D eigenvalue weighted by atomic mass is 10.2. The predicted octanol–water partition coefficient (Wildman–Crippen LogP) is 4.45. The Hall–Kier alpha value is -3.89. The highest BCUT2D eigenvalue weighted by atomic mass is 32.1. The molecule has 0 atom stereocenters. The Bertz CT molecular complexity index is 1340. The number of carbonyl (C=O) groups is 2. The summed E-state index contributed by atoms with van der Waals surface area (Å²) in [6, 6.07) is 12.5. The molecule has 4 aromatic rings. The highest BCUT2D eigenvalue weighted by Gasteiger charge is 2.15. The molecular weight excluding hydrogens is 466 g/mol. The van der Waals surface area contributed by atoms with Crippen LogP contribution in [-0.2, 0) is 17.9 Å². The van der Waals surface area contributed by atoms with Crippen LogP contribution >= 0.6 is 11.3 Å². The van der Waals surface area contributed by atoms with Gasteiger partial charge >= 0.3 is 0 Å². The van der Waals surface area contributed by atoms with Crippen molar-refractivity contribution >= 4 is 28.8 Å². The zero-order chi connectivity index (χ0) is 24.9. The van der Waals surface area contributed by atoms with Crippen LogP contribution < -0.4 is 10.6 Å². The number of hydrogen-bond acceptors (Lipinski definition) is 8. The van der Waals surface area contributed by atoms with Crippen molar-refractivity contribution in [2.24, 2.45) is 0 Å². The summed E-state index contributed by atoms with van der Waals surface area (Å²) < 4.78 is 10.9. The number of rotatable bonds is 8. The van der Waals surface area contributed by atoms with Crippen LogP contribution in [0.1, 0.15) is 48.0 Å². The summed E-state index contributed by atoms with van der Waals surface area (Å²) in [6.07, 6.45) is 0. The van der Waals surface area contributed by atoms with Gasteiger partial charge in [0.1, 0.15) is 23.0 Å². The summed E-state index contributed by atoms with van der Waals surface area (Å²) in [5.41, 5.74) is 3.08. The molecule has 0 aliphatic carbocycles. The maximum absolute atomic E-state index is 12.5. The SMILES string of the molecule is COCc1ccc(C(=O)Nc2ccc(-c3nc(CNC(=O)c4cc(C)nc(C)n4)c(C)o3)cc2)s1. The van der Waals surface area contributed by atoms with Gasteiger partial charge in [-0.3, -0.25) is 9.59 Å². The van der Waals surface area contributed by atoms with E-state index in [4.69, 9.17) is 9.15 Å². The van der Waals surface area contributed by atoms with Crippen LogP contribution in [0.4, 0.5) is 5.69 Å². The van der Waals surface area contributed by atoms with E-state index >= 15 is 0 Å². The fourth-order valence-corrected chi connectivity index (χ4v) is 4.29. The second kappa shape index (κ2) is 10.6. The van der Waals surface area contributed by atoms with Gasteiger partial charge in [0.2, 0.25) is 5.89 Å². The number of anilines is 1. The molecule has 3 aromatic heterocycles. The van der Waals surface area contributed by atoms with Gasteiger partial charge in [0.05, 0.1) is 18.0 Å². The molecule has 1 aromatic carbocycles. The molecule has 0 radical (unpaired) electrons. The fourth-order valence-electron chi connectivity index (χ4n) is 3.41. The van der Waals surface area contributed by atoms with Gasteiger partial charge in [-0.15, -0.1) is 11.3 Å². The summed E-state index contributed by atoms with van der Waals surface area (Å²) in [7, 11) is 1.62. The van der Waals surface area contributed by atoms with Gasteiger partial charge < -0.3 is 19.8 Å². The highest BCUT2D eigenvalue weighted by molar-refractivity contribution is 7.14. The normalized spacial score (nSPS) is 10.9. The zero-order valence-electron chi connectivity index (χ0n) is 19.8. The Kier molecular flexibility index (Phi) is 7.33. The lowest BCUT2D eigenvalue weighted by Crippen LogP contribution is -2.25. The summed E-state index contributed by atoms with van der Waals surface area (Å²) in [5, 5.41) is 5.71. The lowest BCUT2D eigenvalue weighted by Gasteiger charge is -2.05. The molecular formula is C25H25N5O4S. The number of methoxy groups -OCH3 is 1. The lowest BCUT2D eigenvalue weighted by molar-refractivity contribution is 0.0944. The largest absolute Gasteiger partial charge is 0.441 e. The van der Waals surface area contributed by atoms with Crippen molar-refractivity contribution < 1.29 is 18.7 Å². The fraction of sp³-hybridized carbons (Fsp3) is 0.240. The summed E-state index contributed by atoms with van der Waals surface area (Å²) in [4.78, 5) is 39.5. The molecule has 35 heavy (non-hydrogen) atoms. The molecule has 10 heteroatoms. The van der Waals surface area contributed by atoms with Crippen LogP contribution in [0.5, 0.6) is 0 Å². The zero-order valence-corrected chi connectivity index (χ0v) is 20.7. The molecule has 4 rings (SSSR count). The Morgan fingerprint density at radius 3 is 2.49 bits per heavy atom. The second-order valence-electron chi connectivity index (χ2n) is 7.88. The number of hydrogen-bond donors (Lipinski definition) is 2. The van der Waals surface area contributed by atoms with E-state index in [0.29, 0.717) is 46.0 Å². The van der Waals surface area contributed by atoms with E-state index in [2.05, 4.69) is 25.6 Å². The Morgan fingerprint density at radius 2 is 1.77 bits per heavy atom. The molecule has 9 nitrogen and oxygen atoms in total. The number of ether oxygens (including phenoxy) is 1. The van der Waals surface area contributed by atoms with Crippen molar-refractivity contribution in [1.82, 2.24) is 20.3 Å². The molecule has 0 unspecified atom stereocenters. The number of thiophene rings is 1. The summed E-state index contributed by atoms with van der Waals surface area (Å²) in [6.45, 7) is 6.04. The Balaban J connectivity index is 1.39. The molecule has 0 saturated carbocycles. The molecule has 0 fully saturated rings. The molecule has 2 N–H and O–H groups in total. The minimum atomic E-state index is -0.303. The second-order valence-corrected chi connectivity index (χ2v) is 9.05. The topological polar surface area (TPSA) is 119 Å². The average molecular weight is 492 g/mol. The number of nitrogens with zero attached hydrogens (tertiary/aromatic N) is 3. The molecule has 0 spiro atoms. The van der Waals surface area contributed by atoms with E-state index < -0.39 is 0 Å². The van der Waals surface area contributed by atoms with Crippen molar-refractivity contribution in [3.63, 3.8) is 0 Å². The maximum Gasteiger partial charge on any atom is 0.270 e. The number of nitrogens with one attached hydrogen (secondary N) is 2. The number of benzene rings is 1. The molecule has 180 valence electrons. The minimum absolute atomic E-state index is 0.177. The van der Waals surface area contributed by atoms with Gasteiger partial charge in [-0.2, -0.15) is 0 Å². The maximum atomic E-state index is 12.5. The van der Waals surface area contributed by atoms with Crippen LogP contribution in [0, 0.1) is 20.8 Å². The van der Waals surface area contributed by atoms with Gasteiger partial charge in [0.15, 0.2) is 0 Å². The van der Waals surface area contributed by atoms with Gasteiger partial charge in [0, 0.05) is 28.9 Å². The standard InChI is InChI=1S/C25H25N5O4S/c1-14-11-20(28-16(3)27-14)23(31)26-12-21-15(2)34-25(30-21)17-5-7-18(8-6-17)29-24(32)22-10-9-19(35-22)13-33-4/h5-11H,12-13H2,1-4H3,(H,26,31)(H,29,32). The van der Waals surface area contributed by atoms with Crippen molar-refractivity contribution in [2.45, 2.75) is 33.9 Å². The highest BCUT2D eigenvalue weighted by Crippen LogP contribution is 2.24. The van der Waals surface area contributed by atoms with Crippen molar-refractivity contribution in [3.8, 4) is 11.5 Å². The first-order valence-corrected chi connectivity index (χ1v) is 11.7. The van der Waals surface area contributed by atoms with Crippen LogP contribution in [0.15, 0.2) is 46.9 Å². The van der Waals surface area contributed by atoms with E-state index in [1.807, 2.05) is 25.1 Å². The predicted molar refractivity (Wildman–Crippen MR) is 132 cm³/mol. The third kappa shape index (κ3) is 5.97. The number of aryl methyl sites for hydroxylation is 3. The van der Waals surface area contributed by atoms with Crippen LogP contribution in [0.25, 0.3) is 11.5 Å². The van der Waals surface area contributed by atoms with Crippen LogP contribution in [-0.4, -0.2) is 33.9 Å². The van der Waals surface area contributed by atoms with Gasteiger partial charge in [0.25, 0.3) is 11.8 Å². The van der Waals surface area contributed by atoms with E-state index in [1.54, 1.807) is 45.2 Å². The first kappa shape index (κ1) is 24.2. The monoisotopic (exact) mass is 491 g/mol. The molecule has 2 amide bonds. The quantitative estimate of drug-likeness (QED) is 0.374. The first-order valence-electron chi connectivity index (χ1n) is 10.9. The van der Waals surface area contributed by atoms with Gasteiger partial charge in [-0.25, -0.2) is 15.0 Å². The Morgan fingerprint density at radius 1 is 1.00 bits per heavy atom. The van der Waals surface area contributed by atoms with E-state index in [-0.39, 0.29) is 18.4 Å². The smallest absolute Gasteiger partial charge is 0.270 e. The molecule has 0 bridgehead atoms. The van der Waals surface area contributed by atoms with Gasteiger partial charge in [-0.05, 0) is 63.2 Å². The summed E-state index contributed by atoms with van der Waals surface area (Å²) in [5.74, 6) is 1.10. The summed E-state index contributed by atoms with van der Waals surface area (Å²) >= 11 is 1.40. The number of amides is 2. The molecule has 3 heterocycles. The Labute approximate surface area is 206 Å².